The van der Waals surface area contributed by atoms with Crippen LogP contribution in [0.1, 0.15) is 126 Å². The molecule has 0 saturated carbocycles. The molecular formula is C54H82O17Si. The van der Waals surface area contributed by atoms with Gasteiger partial charge in [-0.3, -0.25) is 19.2 Å². The molecule has 1 aromatic rings. The summed E-state index contributed by atoms with van der Waals surface area (Å²) in [6.07, 6.45) is -1.88. The van der Waals surface area contributed by atoms with Gasteiger partial charge in [0, 0.05) is 71.7 Å². The van der Waals surface area contributed by atoms with Crippen molar-refractivity contribution < 1.29 is 80.5 Å². The molecule has 0 aliphatic carbocycles. The van der Waals surface area contributed by atoms with Crippen LogP contribution >= 0.6 is 0 Å². The van der Waals surface area contributed by atoms with Gasteiger partial charge in [-0.1, -0.05) is 91.0 Å². The maximum atomic E-state index is 14.8. The van der Waals surface area contributed by atoms with Gasteiger partial charge < -0.3 is 56.5 Å². The Kier molecular flexibility index (Phi) is 21.0. The highest BCUT2D eigenvalue weighted by Gasteiger charge is 2.61. The van der Waals surface area contributed by atoms with Crippen LogP contribution < -0.4 is 0 Å². The molecule has 4 aliphatic heterocycles. The van der Waals surface area contributed by atoms with Crippen molar-refractivity contribution in [2.24, 2.45) is 10.8 Å². The highest BCUT2D eigenvalue weighted by atomic mass is 28.4. The molecule has 3 fully saturated rings. The zero-order valence-corrected chi connectivity index (χ0v) is 45.9. The van der Waals surface area contributed by atoms with E-state index in [1.807, 2.05) is 58.0 Å². The second kappa shape index (κ2) is 25.6. The Morgan fingerprint density at radius 2 is 1.50 bits per heavy atom. The second-order valence-corrected chi connectivity index (χ2v) is 25.6. The Bertz CT molecular complexity index is 2040. The molecule has 0 unspecified atom stereocenters. The molecule has 18 heteroatoms. The number of fused-ring (bicyclic) bond motifs is 6. The first-order chi connectivity index (χ1) is 34.0. The van der Waals surface area contributed by atoms with Gasteiger partial charge in [0.25, 0.3) is 0 Å². The lowest BCUT2D eigenvalue weighted by Gasteiger charge is -2.55. The van der Waals surface area contributed by atoms with Crippen LogP contribution in [0.25, 0.3) is 0 Å². The first-order valence-corrected chi connectivity index (χ1v) is 28.1. The summed E-state index contributed by atoms with van der Waals surface area (Å²) >= 11 is 0. The summed E-state index contributed by atoms with van der Waals surface area (Å²) in [4.78, 5) is 67.4. The van der Waals surface area contributed by atoms with Gasteiger partial charge in [0.15, 0.2) is 20.2 Å². The van der Waals surface area contributed by atoms with Gasteiger partial charge in [0.1, 0.15) is 24.8 Å². The van der Waals surface area contributed by atoms with Gasteiger partial charge in [0.05, 0.1) is 62.2 Å². The minimum atomic E-state index is -2.42. The van der Waals surface area contributed by atoms with Gasteiger partial charge in [-0.05, 0) is 49.0 Å². The number of ether oxygens (including phenoxy) is 11. The second-order valence-electron chi connectivity index (χ2n) is 20.8. The number of carbonyl (C=O) groups excluding carboxylic acids is 5. The predicted octanol–water partition coefficient (Wildman–Crippen LogP) is 8.39. The van der Waals surface area contributed by atoms with Gasteiger partial charge in [-0.25, -0.2) is 4.79 Å². The maximum Gasteiger partial charge on any atom is 0.330 e. The molecule has 0 radical (unpaired) electrons. The Balaban J connectivity index is 1.67. The Morgan fingerprint density at radius 1 is 0.819 bits per heavy atom. The van der Waals surface area contributed by atoms with E-state index in [0.29, 0.717) is 5.57 Å². The number of cyclic esters (lactones) is 1. The molecule has 11 atom stereocenters. The largest absolute Gasteiger partial charge is 0.466 e. The van der Waals surface area contributed by atoms with E-state index in [-0.39, 0.29) is 70.5 Å². The Hall–Kier alpha value is -3.85. The third kappa shape index (κ3) is 14.3. The molecule has 0 aromatic heterocycles. The van der Waals surface area contributed by atoms with Crippen LogP contribution in [0.4, 0.5) is 0 Å². The fourth-order valence-corrected chi connectivity index (χ4v) is 13.8. The van der Waals surface area contributed by atoms with Crippen molar-refractivity contribution >= 4 is 38.0 Å². The normalized spacial score (nSPS) is 32.7. The van der Waals surface area contributed by atoms with Crippen molar-refractivity contribution in [3.8, 4) is 0 Å². The summed E-state index contributed by atoms with van der Waals surface area (Å²) in [5, 5.41) is 0. The maximum absolute atomic E-state index is 14.8. The smallest absolute Gasteiger partial charge is 0.330 e. The van der Waals surface area contributed by atoms with Crippen molar-refractivity contribution in [3.05, 3.63) is 59.7 Å². The Labute approximate surface area is 427 Å². The zero-order valence-electron chi connectivity index (χ0n) is 44.9. The van der Waals surface area contributed by atoms with Crippen LogP contribution in [0.2, 0.25) is 18.1 Å². The zero-order chi connectivity index (χ0) is 53.1. The third-order valence-corrected chi connectivity index (χ3v) is 20.0. The van der Waals surface area contributed by atoms with Crippen molar-refractivity contribution in [1.82, 2.24) is 0 Å². The average molecular weight is 1030 g/mol. The minimum absolute atomic E-state index is 0.0219. The number of Topliss-reactive ketones (excluding diaryl/α,β-unsaturated/α-hetero) is 1. The number of ketones is 1. The molecule has 6 bridgehead atoms. The quantitative estimate of drug-likeness (QED) is 0.0291. The number of rotatable bonds is 16. The van der Waals surface area contributed by atoms with E-state index in [1.54, 1.807) is 19.1 Å². The average Bonchev–Trinajstić information content (AvgIpc) is 3.32. The lowest BCUT2D eigenvalue weighted by atomic mass is 9.70. The summed E-state index contributed by atoms with van der Waals surface area (Å²) < 4.78 is 76.8. The van der Waals surface area contributed by atoms with Crippen LogP contribution in [0.3, 0.4) is 0 Å². The fourth-order valence-electron chi connectivity index (χ4n) is 10.9. The lowest BCUT2D eigenvalue weighted by Crippen LogP contribution is -2.63. The molecule has 0 amide bonds. The molecule has 4 heterocycles. The van der Waals surface area contributed by atoms with Gasteiger partial charge >= 0.3 is 23.9 Å². The topological polar surface area (TPSA) is 196 Å². The summed E-state index contributed by atoms with van der Waals surface area (Å²) in [5.41, 5.74) is -0.880. The van der Waals surface area contributed by atoms with Gasteiger partial charge in [0.2, 0.25) is 5.79 Å². The van der Waals surface area contributed by atoms with E-state index >= 15 is 0 Å². The van der Waals surface area contributed by atoms with E-state index in [2.05, 4.69) is 20.8 Å². The molecule has 0 N–H and O–H groups in total. The number of esters is 4. The third-order valence-electron chi connectivity index (χ3n) is 15.3. The van der Waals surface area contributed by atoms with Gasteiger partial charge in [-0.15, -0.1) is 0 Å². The highest BCUT2D eigenvalue weighted by Crippen LogP contribution is 2.52. The van der Waals surface area contributed by atoms with E-state index < -0.39 is 110 Å². The standard InChI is InChI=1S/C54H82O17Si/c1-14-72(15-2,16-3)71-44-28-43-30-47(65-36(5)55)52(9,10)53(61-12,69-43)32-45-27-40(57)26-41(67-45)22-23-51(7,8)54(62-13)50(66-37(6)56)39(25-48(58)60-11)24-42(70-54)29-46(68-49(59)31-44)35(4)64-34-63-33-38-20-18-17-19-21-38/h17-23,25,35,41-47,50H,14-16,24,26-34H2,1-13H3/b23-22+,39-25+/t35-,41+,42+,43-,44-,45+,46-,47+,50+,53+,54-/m1/s1. The summed E-state index contributed by atoms with van der Waals surface area (Å²) in [7, 11) is 1.79. The van der Waals surface area contributed by atoms with Crippen LogP contribution in [0.15, 0.2) is 54.1 Å². The highest BCUT2D eigenvalue weighted by molar-refractivity contribution is 6.73. The molecule has 72 heavy (non-hydrogen) atoms. The predicted molar refractivity (Wildman–Crippen MR) is 266 cm³/mol. The number of hydrogen-bond acceptors (Lipinski definition) is 17. The van der Waals surface area contributed by atoms with Crippen LogP contribution in [-0.4, -0.2) is 133 Å². The van der Waals surface area contributed by atoms with Crippen molar-refractivity contribution in [2.75, 3.05) is 28.1 Å². The number of carbonyl (C=O) groups is 5. The van der Waals surface area contributed by atoms with Crippen molar-refractivity contribution in [1.29, 1.82) is 0 Å². The van der Waals surface area contributed by atoms with E-state index in [1.165, 1.54) is 41.3 Å². The lowest BCUT2D eigenvalue weighted by molar-refractivity contribution is -0.358. The van der Waals surface area contributed by atoms with Crippen LogP contribution in [0, 0.1) is 10.8 Å². The Morgan fingerprint density at radius 3 is 2.11 bits per heavy atom. The van der Waals surface area contributed by atoms with E-state index in [9.17, 15) is 24.0 Å². The summed E-state index contributed by atoms with van der Waals surface area (Å²) in [5.74, 6) is -5.73. The molecule has 404 valence electrons. The van der Waals surface area contributed by atoms with Gasteiger partial charge in [-0.2, -0.15) is 0 Å². The van der Waals surface area contributed by atoms with E-state index in [4.69, 9.17) is 56.5 Å². The van der Waals surface area contributed by atoms with Crippen LogP contribution in [0.5, 0.6) is 0 Å². The molecule has 4 aliphatic rings. The van der Waals surface area contributed by atoms with Crippen molar-refractivity contribution in [2.45, 2.75) is 212 Å². The molecule has 3 saturated heterocycles. The monoisotopic (exact) mass is 1030 g/mol. The first-order valence-electron chi connectivity index (χ1n) is 25.6. The number of hydrogen-bond donors (Lipinski definition) is 0. The van der Waals surface area contributed by atoms with E-state index in [0.717, 1.165) is 23.7 Å². The SMILES string of the molecule is CC[Si](CC)(CC)O[C@H]1CC(=O)O[C@@H]([C@@H](C)OCOCc2ccccc2)C[C@@H]2C/C(=C\C(=O)OC)[C@H](OC(C)=O)[C@@](OC)(O2)C(C)(C)/C=C/[C@H]2CC(=O)C[C@@H](C[C@]3(OC)O[C@H](C1)C[C@H](OC(C)=O)C3(C)C)O2. The van der Waals surface area contributed by atoms with Crippen molar-refractivity contribution in [3.63, 3.8) is 0 Å². The summed E-state index contributed by atoms with van der Waals surface area (Å²) in [6.45, 7) is 18.4. The fraction of sp³-hybridized carbons (Fsp3) is 0.722. The molecule has 1 aromatic carbocycles. The number of benzene rings is 1. The minimum Gasteiger partial charge on any atom is -0.466 e. The van der Waals surface area contributed by atoms with Crippen LogP contribution in [-0.2, 0) is 87.1 Å². The molecule has 17 nitrogen and oxygen atoms in total. The summed E-state index contributed by atoms with van der Waals surface area (Å²) in [6, 6.07) is 12.0. The first kappa shape index (κ1) is 59.0. The molecule has 5 rings (SSSR count). The number of methoxy groups -OCH3 is 3. The molecule has 0 spiro atoms. The molecular weight excluding hydrogens is 949 g/mol.